The second-order valence-corrected chi connectivity index (χ2v) is 6.53. The first kappa shape index (κ1) is 13.7. The van der Waals surface area contributed by atoms with Crippen molar-refractivity contribution >= 4 is 23.6 Å². The van der Waals surface area contributed by atoms with Crippen molar-refractivity contribution in [3.05, 3.63) is 0 Å². The molecule has 0 saturated carbocycles. The Morgan fingerprint density at radius 2 is 2.11 bits per heavy atom. The zero-order valence-corrected chi connectivity index (χ0v) is 11.4. The van der Waals surface area contributed by atoms with Crippen molar-refractivity contribution in [2.24, 2.45) is 5.92 Å². The Labute approximate surface area is 112 Å². The minimum Gasteiger partial charge on any atom is -0.481 e. The second kappa shape index (κ2) is 6.45. The van der Waals surface area contributed by atoms with Gasteiger partial charge in [0.25, 0.3) is 0 Å². The van der Waals surface area contributed by atoms with Gasteiger partial charge in [0.2, 0.25) is 5.91 Å². The molecule has 0 aromatic rings. The van der Waals surface area contributed by atoms with Gasteiger partial charge in [-0.05, 0) is 12.8 Å². The van der Waals surface area contributed by atoms with Gasteiger partial charge in [0.15, 0.2) is 0 Å². The number of aliphatic carboxylic acids is 1. The number of unbranched alkanes of at least 4 members (excludes halogenated alkanes) is 3. The van der Waals surface area contributed by atoms with Gasteiger partial charge in [-0.1, -0.05) is 19.3 Å². The van der Waals surface area contributed by atoms with E-state index >= 15 is 0 Å². The molecule has 2 rings (SSSR count). The molecule has 0 spiro atoms. The van der Waals surface area contributed by atoms with Crippen molar-refractivity contribution < 1.29 is 14.7 Å². The number of thioether (sulfide) groups is 1. The molecule has 2 N–H and O–H groups in total. The summed E-state index contributed by atoms with van der Waals surface area (Å²) >= 11 is 2.00. The average molecular weight is 271 g/mol. The molecule has 1 amide bonds. The van der Waals surface area contributed by atoms with Crippen LogP contribution in [0.25, 0.3) is 0 Å². The van der Waals surface area contributed by atoms with Crippen molar-refractivity contribution in [1.29, 1.82) is 0 Å². The summed E-state index contributed by atoms with van der Waals surface area (Å²) in [6.45, 7) is 0. The van der Waals surface area contributed by atoms with Crippen LogP contribution in [0.5, 0.6) is 0 Å². The van der Waals surface area contributed by atoms with E-state index in [1.807, 2.05) is 11.8 Å². The number of hydrogen-bond donors (Lipinski definition) is 2. The lowest BCUT2D eigenvalue weighted by Crippen LogP contribution is -2.29. The smallest absolute Gasteiger partial charge is 0.303 e. The molecule has 18 heavy (non-hydrogen) atoms. The molecule has 0 aromatic carbocycles. The van der Waals surface area contributed by atoms with E-state index in [-0.39, 0.29) is 5.91 Å². The first-order chi connectivity index (χ1) is 8.66. The topological polar surface area (TPSA) is 66.4 Å². The Morgan fingerprint density at radius 1 is 1.33 bits per heavy atom. The number of rotatable bonds is 7. The fourth-order valence-corrected chi connectivity index (χ4v) is 4.56. The molecule has 2 aliphatic heterocycles. The predicted octanol–water partition coefficient (Wildman–Crippen LogP) is 2.03. The van der Waals surface area contributed by atoms with Crippen LogP contribution in [0.1, 0.15) is 44.9 Å². The third kappa shape index (κ3) is 3.64. The number of carboxylic acid groups (broad SMARTS) is 1. The van der Waals surface area contributed by atoms with Crippen molar-refractivity contribution in [1.82, 2.24) is 5.32 Å². The summed E-state index contributed by atoms with van der Waals surface area (Å²) in [5, 5.41) is 12.2. The summed E-state index contributed by atoms with van der Waals surface area (Å²) in [5.74, 6) is 1.14. The Morgan fingerprint density at radius 3 is 2.89 bits per heavy atom. The number of nitrogens with one attached hydrogen (secondary N) is 1. The van der Waals surface area contributed by atoms with Gasteiger partial charge in [0.1, 0.15) is 0 Å². The van der Waals surface area contributed by atoms with Gasteiger partial charge < -0.3 is 10.4 Å². The van der Waals surface area contributed by atoms with E-state index in [1.54, 1.807) is 0 Å². The monoisotopic (exact) mass is 271 g/mol. The minimum atomic E-state index is -0.695. The second-order valence-electron chi connectivity index (χ2n) is 5.26. The summed E-state index contributed by atoms with van der Waals surface area (Å²) in [6, 6.07) is 0.416. The summed E-state index contributed by atoms with van der Waals surface area (Å²) in [5.41, 5.74) is 0. The van der Waals surface area contributed by atoms with Crippen molar-refractivity contribution in [2.75, 3.05) is 5.75 Å². The van der Waals surface area contributed by atoms with Gasteiger partial charge in [0, 0.05) is 35.8 Å². The van der Waals surface area contributed by atoms with E-state index in [2.05, 4.69) is 5.32 Å². The molecule has 0 bridgehead atoms. The highest BCUT2D eigenvalue weighted by atomic mass is 32.2. The van der Waals surface area contributed by atoms with Gasteiger partial charge in [-0.25, -0.2) is 0 Å². The maximum atomic E-state index is 11.3. The number of carbonyl (C=O) groups excluding carboxylic acids is 1. The van der Waals surface area contributed by atoms with Gasteiger partial charge in [-0.3, -0.25) is 9.59 Å². The lowest BCUT2D eigenvalue weighted by atomic mass is 9.94. The number of amides is 1. The minimum absolute atomic E-state index is 0.219. The zero-order chi connectivity index (χ0) is 13.0. The molecule has 4 nitrogen and oxygen atoms in total. The summed E-state index contributed by atoms with van der Waals surface area (Å²) in [4.78, 5) is 21.7. The van der Waals surface area contributed by atoms with E-state index in [9.17, 15) is 9.59 Å². The molecule has 102 valence electrons. The van der Waals surface area contributed by atoms with E-state index < -0.39 is 5.97 Å². The fraction of sp³-hybridized carbons (Fsp3) is 0.846. The van der Waals surface area contributed by atoms with Crippen LogP contribution < -0.4 is 5.32 Å². The normalized spacial score (nSPS) is 30.2. The van der Waals surface area contributed by atoms with Crippen molar-refractivity contribution in [3.63, 3.8) is 0 Å². The summed E-state index contributed by atoms with van der Waals surface area (Å²) in [6.07, 6.45) is 6.25. The Hall–Kier alpha value is -0.710. The number of hydrogen-bond acceptors (Lipinski definition) is 3. The van der Waals surface area contributed by atoms with Crippen LogP contribution in [-0.2, 0) is 9.59 Å². The van der Waals surface area contributed by atoms with Crippen molar-refractivity contribution in [3.8, 4) is 0 Å². The Bertz CT molecular complexity index is 321. The first-order valence-electron chi connectivity index (χ1n) is 6.79. The highest BCUT2D eigenvalue weighted by molar-refractivity contribution is 8.00. The molecular weight excluding hydrogens is 250 g/mol. The first-order valence-corrected chi connectivity index (χ1v) is 7.84. The standard InChI is InChI=1S/C13H21NO3S/c15-12-7-9-10(14-12)8-18-11(9)5-3-1-2-4-6-13(16)17/h9-11H,1-8H2,(H,14,15)(H,16,17)/t9-,10-,11-/m0/s1. The summed E-state index contributed by atoms with van der Waals surface area (Å²) in [7, 11) is 0. The van der Waals surface area contributed by atoms with E-state index in [1.165, 1.54) is 6.42 Å². The molecule has 0 unspecified atom stereocenters. The fourth-order valence-electron chi connectivity index (χ4n) is 2.91. The molecule has 2 aliphatic rings. The number of carbonyl (C=O) groups is 2. The lowest BCUT2D eigenvalue weighted by Gasteiger charge is -2.15. The van der Waals surface area contributed by atoms with Gasteiger partial charge >= 0.3 is 5.97 Å². The highest BCUT2D eigenvalue weighted by Crippen LogP contribution is 2.40. The van der Waals surface area contributed by atoms with E-state index in [4.69, 9.17) is 5.11 Å². The van der Waals surface area contributed by atoms with Gasteiger partial charge in [-0.15, -0.1) is 0 Å². The molecule has 3 atom stereocenters. The third-order valence-corrected chi connectivity index (χ3v) is 5.45. The van der Waals surface area contributed by atoms with Crippen LogP contribution >= 0.6 is 11.8 Å². The number of fused-ring (bicyclic) bond motifs is 1. The molecule has 0 aromatic heterocycles. The zero-order valence-electron chi connectivity index (χ0n) is 10.6. The Kier molecular flexibility index (Phi) is 4.92. The molecule has 2 heterocycles. The summed E-state index contributed by atoms with van der Waals surface area (Å²) < 4.78 is 0. The van der Waals surface area contributed by atoms with Crippen LogP contribution in [0.15, 0.2) is 0 Å². The molecular formula is C13H21NO3S. The maximum absolute atomic E-state index is 11.3. The van der Waals surface area contributed by atoms with Crippen LogP contribution in [0.2, 0.25) is 0 Å². The van der Waals surface area contributed by atoms with Crippen LogP contribution in [0, 0.1) is 5.92 Å². The predicted molar refractivity (Wildman–Crippen MR) is 71.6 cm³/mol. The van der Waals surface area contributed by atoms with Crippen molar-refractivity contribution in [2.45, 2.75) is 56.2 Å². The quantitative estimate of drug-likeness (QED) is 0.695. The third-order valence-electron chi connectivity index (χ3n) is 3.88. The van der Waals surface area contributed by atoms with Crippen LogP contribution in [0.3, 0.4) is 0 Å². The van der Waals surface area contributed by atoms with Crippen LogP contribution in [0.4, 0.5) is 0 Å². The lowest BCUT2D eigenvalue weighted by molar-refractivity contribution is -0.137. The maximum Gasteiger partial charge on any atom is 0.303 e. The van der Waals surface area contributed by atoms with Gasteiger partial charge in [0.05, 0.1) is 0 Å². The SMILES string of the molecule is O=C(O)CCCCCC[C@@H]1SC[C@@H]2NC(=O)C[C@@H]21. The number of carboxylic acids is 1. The molecule has 2 fully saturated rings. The molecule has 5 heteroatoms. The largest absolute Gasteiger partial charge is 0.481 e. The van der Waals surface area contributed by atoms with E-state index in [0.29, 0.717) is 30.1 Å². The highest BCUT2D eigenvalue weighted by Gasteiger charge is 2.42. The molecule has 2 saturated heterocycles. The molecule has 0 aliphatic carbocycles. The van der Waals surface area contributed by atoms with Gasteiger partial charge in [-0.2, -0.15) is 11.8 Å². The van der Waals surface area contributed by atoms with Crippen LogP contribution in [-0.4, -0.2) is 34.0 Å². The average Bonchev–Trinajstić information content (AvgIpc) is 2.83. The molecule has 0 radical (unpaired) electrons. The Balaban J connectivity index is 1.57. The van der Waals surface area contributed by atoms with E-state index in [0.717, 1.165) is 31.4 Å².